The highest BCUT2D eigenvalue weighted by molar-refractivity contribution is 5.93. The van der Waals surface area contributed by atoms with E-state index in [1.165, 1.54) is 4.68 Å². The van der Waals surface area contributed by atoms with Gasteiger partial charge in [0, 0.05) is 20.3 Å². The van der Waals surface area contributed by atoms with E-state index in [0.29, 0.717) is 31.7 Å². The van der Waals surface area contributed by atoms with Crippen LogP contribution in [0.25, 0.3) is 0 Å². The van der Waals surface area contributed by atoms with Gasteiger partial charge in [0.25, 0.3) is 5.91 Å². The fraction of sp³-hybridized carbons (Fsp3) is 0.615. The molecule has 0 saturated carbocycles. The largest absolute Gasteiger partial charge is 0.481 e. The topological polar surface area (TPSA) is 93.5 Å². The molecule has 20 heavy (non-hydrogen) atoms. The third kappa shape index (κ3) is 3.16. The smallest absolute Gasteiger partial charge is 0.305 e. The number of rotatable bonds is 4. The van der Waals surface area contributed by atoms with Crippen LogP contribution in [0.15, 0.2) is 6.07 Å². The van der Waals surface area contributed by atoms with Crippen LogP contribution < -0.4 is 5.32 Å². The highest BCUT2D eigenvalue weighted by Crippen LogP contribution is 2.25. The van der Waals surface area contributed by atoms with Crippen molar-refractivity contribution in [2.75, 3.05) is 13.2 Å². The summed E-state index contributed by atoms with van der Waals surface area (Å²) in [6.45, 7) is 2.72. The second-order valence-corrected chi connectivity index (χ2v) is 5.21. The molecule has 110 valence electrons. The summed E-state index contributed by atoms with van der Waals surface area (Å²) >= 11 is 0. The number of aryl methyl sites for hydroxylation is 2. The lowest BCUT2D eigenvalue weighted by atomic mass is 9.86. The number of nitrogens with one attached hydrogen (secondary N) is 1. The van der Waals surface area contributed by atoms with Gasteiger partial charge in [-0.3, -0.25) is 14.3 Å². The number of hydrogen-bond acceptors (Lipinski definition) is 4. The molecule has 1 fully saturated rings. The Kier molecular flexibility index (Phi) is 4.08. The molecule has 2 heterocycles. The molecule has 1 aromatic heterocycles. The van der Waals surface area contributed by atoms with Gasteiger partial charge in [-0.15, -0.1) is 0 Å². The molecule has 0 unspecified atom stereocenters. The van der Waals surface area contributed by atoms with Crippen molar-refractivity contribution in [3.05, 3.63) is 17.5 Å². The summed E-state index contributed by atoms with van der Waals surface area (Å²) < 4.78 is 6.76. The van der Waals surface area contributed by atoms with Crippen LogP contribution in [0.1, 0.15) is 35.4 Å². The molecule has 1 amide bonds. The van der Waals surface area contributed by atoms with Gasteiger partial charge in [-0.05, 0) is 25.8 Å². The van der Waals surface area contributed by atoms with Crippen molar-refractivity contribution in [2.24, 2.45) is 7.05 Å². The van der Waals surface area contributed by atoms with E-state index < -0.39 is 11.5 Å². The van der Waals surface area contributed by atoms with Crippen molar-refractivity contribution in [1.82, 2.24) is 15.1 Å². The predicted octanol–water partition coefficient (Wildman–Crippen LogP) is 0.482. The van der Waals surface area contributed by atoms with Crippen LogP contribution >= 0.6 is 0 Å². The van der Waals surface area contributed by atoms with Crippen LogP contribution in [0.2, 0.25) is 0 Å². The second-order valence-electron chi connectivity index (χ2n) is 5.21. The average Bonchev–Trinajstić information content (AvgIpc) is 2.68. The maximum absolute atomic E-state index is 12.3. The van der Waals surface area contributed by atoms with Crippen LogP contribution in [0, 0.1) is 6.92 Å². The van der Waals surface area contributed by atoms with Gasteiger partial charge in [-0.2, -0.15) is 5.10 Å². The molecule has 1 aliphatic rings. The minimum atomic E-state index is -0.923. The Morgan fingerprint density at radius 3 is 2.65 bits per heavy atom. The van der Waals surface area contributed by atoms with Crippen LogP contribution in [-0.4, -0.2) is 45.5 Å². The number of carbonyl (C=O) groups excluding carboxylic acids is 1. The first-order valence-electron chi connectivity index (χ1n) is 6.55. The Morgan fingerprint density at radius 2 is 2.15 bits per heavy atom. The number of aliphatic carboxylic acids is 1. The van der Waals surface area contributed by atoms with Gasteiger partial charge < -0.3 is 15.2 Å². The zero-order valence-corrected chi connectivity index (χ0v) is 11.7. The summed E-state index contributed by atoms with van der Waals surface area (Å²) in [7, 11) is 1.69. The summed E-state index contributed by atoms with van der Waals surface area (Å²) in [6.07, 6.45) is 0.905. The minimum absolute atomic E-state index is 0.0983. The SMILES string of the molecule is Cc1cc(C(=O)NC2(CC(=O)O)CCOCC2)n(C)n1. The molecular weight excluding hydrogens is 262 g/mol. The number of aromatic nitrogens is 2. The molecule has 7 nitrogen and oxygen atoms in total. The molecule has 1 aliphatic heterocycles. The molecule has 1 aromatic rings. The lowest BCUT2D eigenvalue weighted by molar-refractivity contribution is -0.139. The Balaban J connectivity index is 2.17. The van der Waals surface area contributed by atoms with E-state index in [2.05, 4.69) is 10.4 Å². The van der Waals surface area contributed by atoms with Gasteiger partial charge in [-0.1, -0.05) is 0 Å². The highest BCUT2D eigenvalue weighted by Gasteiger charge is 2.37. The third-order valence-corrected chi connectivity index (χ3v) is 3.55. The number of carbonyl (C=O) groups is 2. The molecule has 0 aromatic carbocycles. The van der Waals surface area contributed by atoms with E-state index in [9.17, 15) is 9.59 Å². The monoisotopic (exact) mass is 281 g/mol. The molecule has 7 heteroatoms. The van der Waals surface area contributed by atoms with Crippen LogP contribution in [0.5, 0.6) is 0 Å². The Labute approximate surface area is 116 Å². The normalized spacial score (nSPS) is 17.7. The zero-order valence-electron chi connectivity index (χ0n) is 11.7. The lowest BCUT2D eigenvalue weighted by Gasteiger charge is -2.36. The fourth-order valence-electron chi connectivity index (χ4n) is 2.53. The molecular formula is C13H19N3O4. The summed E-state index contributed by atoms with van der Waals surface area (Å²) in [4.78, 5) is 23.4. The lowest BCUT2D eigenvalue weighted by Crippen LogP contribution is -2.53. The summed E-state index contributed by atoms with van der Waals surface area (Å²) in [5.41, 5.74) is 0.440. The van der Waals surface area contributed by atoms with E-state index in [-0.39, 0.29) is 12.3 Å². The van der Waals surface area contributed by atoms with Crippen molar-refractivity contribution < 1.29 is 19.4 Å². The molecule has 0 bridgehead atoms. The number of nitrogens with zero attached hydrogens (tertiary/aromatic N) is 2. The molecule has 1 saturated heterocycles. The minimum Gasteiger partial charge on any atom is -0.481 e. The number of carboxylic acid groups (broad SMARTS) is 1. The molecule has 2 rings (SSSR count). The molecule has 2 N–H and O–H groups in total. The first-order chi connectivity index (χ1) is 9.42. The first-order valence-corrected chi connectivity index (χ1v) is 6.55. The van der Waals surface area contributed by atoms with Crippen LogP contribution in [-0.2, 0) is 16.6 Å². The number of amides is 1. The number of ether oxygens (including phenoxy) is 1. The summed E-state index contributed by atoms with van der Waals surface area (Å²) in [6, 6.07) is 1.68. The van der Waals surface area contributed by atoms with Gasteiger partial charge in [-0.25, -0.2) is 0 Å². The number of carboxylic acids is 1. The molecule has 0 aliphatic carbocycles. The van der Waals surface area contributed by atoms with Crippen molar-refractivity contribution >= 4 is 11.9 Å². The van der Waals surface area contributed by atoms with Gasteiger partial charge in [0.1, 0.15) is 5.69 Å². The first kappa shape index (κ1) is 14.5. The summed E-state index contributed by atoms with van der Waals surface area (Å²) in [5.74, 6) is -1.22. The predicted molar refractivity (Wildman–Crippen MR) is 70.4 cm³/mol. The van der Waals surface area contributed by atoms with Gasteiger partial charge in [0.2, 0.25) is 0 Å². The Morgan fingerprint density at radius 1 is 1.50 bits per heavy atom. The van der Waals surface area contributed by atoms with E-state index in [4.69, 9.17) is 9.84 Å². The maximum Gasteiger partial charge on any atom is 0.305 e. The van der Waals surface area contributed by atoms with Crippen molar-refractivity contribution in [3.63, 3.8) is 0 Å². The third-order valence-electron chi connectivity index (χ3n) is 3.55. The Hall–Kier alpha value is -1.89. The van der Waals surface area contributed by atoms with Crippen molar-refractivity contribution in [1.29, 1.82) is 0 Å². The van der Waals surface area contributed by atoms with Gasteiger partial charge >= 0.3 is 5.97 Å². The second kappa shape index (κ2) is 5.62. The van der Waals surface area contributed by atoms with E-state index in [0.717, 1.165) is 5.69 Å². The molecule has 0 atom stereocenters. The van der Waals surface area contributed by atoms with Crippen LogP contribution in [0.4, 0.5) is 0 Å². The standard InChI is InChI=1S/C13H19N3O4/c1-9-7-10(16(2)15-9)12(19)14-13(8-11(17)18)3-5-20-6-4-13/h7H,3-6,8H2,1-2H3,(H,14,19)(H,17,18). The van der Waals surface area contributed by atoms with Gasteiger partial charge in [0.15, 0.2) is 0 Å². The quantitative estimate of drug-likeness (QED) is 0.837. The van der Waals surface area contributed by atoms with E-state index in [1.54, 1.807) is 20.0 Å². The maximum atomic E-state index is 12.3. The van der Waals surface area contributed by atoms with Crippen molar-refractivity contribution in [3.8, 4) is 0 Å². The average molecular weight is 281 g/mol. The fourth-order valence-corrected chi connectivity index (χ4v) is 2.53. The zero-order chi connectivity index (χ0) is 14.8. The van der Waals surface area contributed by atoms with Gasteiger partial charge in [0.05, 0.1) is 17.7 Å². The molecule has 0 spiro atoms. The Bertz CT molecular complexity index is 518. The van der Waals surface area contributed by atoms with Crippen LogP contribution in [0.3, 0.4) is 0 Å². The van der Waals surface area contributed by atoms with E-state index >= 15 is 0 Å². The molecule has 0 radical (unpaired) electrons. The summed E-state index contributed by atoms with van der Waals surface area (Å²) in [5, 5.41) is 16.1. The highest BCUT2D eigenvalue weighted by atomic mass is 16.5. The van der Waals surface area contributed by atoms with Crippen molar-refractivity contribution in [2.45, 2.75) is 31.7 Å². The number of hydrogen-bond donors (Lipinski definition) is 2. The van der Waals surface area contributed by atoms with E-state index in [1.807, 2.05) is 0 Å².